The van der Waals surface area contributed by atoms with Crippen LogP contribution >= 0.6 is 0 Å². The number of sulfone groups is 1. The Hall–Kier alpha value is -2.93. The minimum atomic E-state index is -3.39. The quantitative estimate of drug-likeness (QED) is 0.817. The average molecular weight is 384 g/mol. The summed E-state index contributed by atoms with van der Waals surface area (Å²) in [6.45, 7) is 4.13. The number of carbonyl (C=O) groups is 2. The Bertz CT molecular complexity index is 981. The third-order valence-corrected chi connectivity index (χ3v) is 6.23. The Kier molecular flexibility index (Phi) is 5.41. The maximum Gasteiger partial charge on any atom is 0.254 e. The van der Waals surface area contributed by atoms with E-state index in [1.54, 1.807) is 53.4 Å². The largest absolute Gasteiger partial charge is 0.348 e. The molecule has 1 heterocycles. The fraction of sp³-hybridized carbons (Fsp3) is 0.200. The van der Waals surface area contributed by atoms with Crippen LogP contribution in [0.15, 0.2) is 66.1 Å². The first-order valence-corrected chi connectivity index (χ1v) is 10.1. The van der Waals surface area contributed by atoms with Crippen LogP contribution < -0.4 is 5.32 Å². The molecule has 0 bridgehead atoms. The molecule has 2 amide bonds. The van der Waals surface area contributed by atoms with Gasteiger partial charge in [-0.05, 0) is 35.4 Å². The van der Waals surface area contributed by atoms with E-state index >= 15 is 0 Å². The fourth-order valence-corrected chi connectivity index (χ4v) is 4.44. The molecule has 27 heavy (non-hydrogen) atoms. The van der Waals surface area contributed by atoms with Crippen molar-refractivity contribution in [3.63, 3.8) is 0 Å². The molecular weight excluding hydrogens is 364 g/mol. The van der Waals surface area contributed by atoms with Crippen LogP contribution in [0, 0.1) is 0 Å². The summed E-state index contributed by atoms with van der Waals surface area (Å²) in [4.78, 5) is 25.9. The number of fused-ring (bicyclic) bond motifs is 1. The maximum atomic E-state index is 12.8. The Morgan fingerprint density at radius 2 is 1.81 bits per heavy atom. The molecule has 0 aromatic heterocycles. The molecule has 0 atom stereocenters. The summed E-state index contributed by atoms with van der Waals surface area (Å²) in [6.07, 6.45) is 1.20. The number of rotatable bonds is 4. The number of nitrogens with zero attached hydrogens (tertiary/aromatic N) is 1. The van der Waals surface area contributed by atoms with Crippen LogP contribution in [0.2, 0.25) is 0 Å². The van der Waals surface area contributed by atoms with Gasteiger partial charge >= 0.3 is 0 Å². The van der Waals surface area contributed by atoms with E-state index in [9.17, 15) is 18.0 Å². The van der Waals surface area contributed by atoms with Gasteiger partial charge in [-0.3, -0.25) is 9.59 Å². The van der Waals surface area contributed by atoms with Gasteiger partial charge in [0.2, 0.25) is 5.91 Å². The molecule has 1 N–H and O–H groups in total. The molecule has 1 aliphatic heterocycles. The second-order valence-corrected chi connectivity index (χ2v) is 8.35. The van der Waals surface area contributed by atoms with Gasteiger partial charge in [-0.25, -0.2) is 8.42 Å². The second kappa shape index (κ2) is 7.75. The number of benzene rings is 2. The molecule has 0 radical (unpaired) electrons. The van der Waals surface area contributed by atoms with Crippen LogP contribution in [0.4, 0.5) is 0 Å². The van der Waals surface area contributed by atoms with Crippen LogP contribution in [0.25, 0.3) is 0 Å². The monoisotopic (exact) mass is 384 g/mol. The first kappa shape index (κ1) is 18.8. The Morgan fingerprint density at radius 1 is 1.11 bits per heavy atom. The summed E-state index contributed by atoms with van der Waals surface area (Å²) in [5.74, 6) is -0.579. The molecule has 6 nitrogen and oxygen atoms in total. The molecule has 0 spiro atoms. The lowest BCUT2D eigenvalue weighted by molar-refractivity contribution is -0.116. The standard InChI is InChI=1S/C20H20N2O4S/c1-2-19(23)21-13-15-7-9-16(10-8-15)20(24)22-11-12-27(25,26)18-6-4-3-5-17(18)14-22/h2-10H,1,11-14H2,(H,21,23). The maximum absolute atomic E-state index is 12.8. The molecule has 140 valence electrons. The van der Waals surface area contributed by atoms with E-state index in [1.807, 2.05) is 0 Å². The zero-order chi connectivity index (χ0) is 19.4. The topological polar surface area (TPSA) is 83.6 Å². The summed E-state index contributed by atoms with van der Waals surface area (Å²) in [6, 6.07) is 13.7. The molecule has 0 unspecified atom stereocenters. The van der Waals surface area contributed by atoms with Gasteiger partial charge in [0.1, 0.15) is 0 Å². The zero-order valence-electron chi connectivity index (χ0n) is 14.7. The first-order chi connectivity index (χ1) is 12.9. The molecule has 0 fully saturated rings. The van der Waals surface area contributed by atoms with Crippen molar-refractivity contribution in [3.8, 4) is 0 Å². The number of hydrogen-bond acceptors (Lipinski definition) is 4. The highest BCUT2D eigenvalue weighted by Gasteiger charge is 2.27. The summed E-state index contributed by atoms with van der Waals surface area (Å²) in [5.41, 5.74) is 1.96. The predicted octanol–water partition coefficient (Wildman–Crippen LogP) is 1.92. The van der Waals surface area contributed by atoms with Crippen LogP contribution in [0.3, 0.4) is 0 Å². The van der Waals surface area contributed by atoms with E-state index in [-0.39, 0.29) is 30.7 Å². The Labute approximate surface area is 158 Å². The van der Waals surface area contributed by atoms with Crippen molar-refractivity contribution in [1.82, 2.24) is 10.2 Å². The van der Waals surface area contributed by atoms with Crippen LogP contribution in [-0.2, 0) is 27.7 Å². The predicted molar refractivity (Wildman–Crippen MR) is 102 cm³/mol. The van der Waals surface area contributed by atoms with Gasteiger partial charge in [0.05, 0.1) is 10.6 Å². The van der Waals surface area contributed by atoms with Crippen molar-refractivity contribution in [2.45, 2.75) is 18.0 Å². The van der Waals surface area contributed by atoms with E-state index in [1.165, 1.54) is 6.08 Å². The minimum Gasteiger partial charge on any atom is -0.348 e. The smallest absolute Gasteiger partial charge is 0.254 e. The highest BCUT2D eigenvalue weighted by Crippen LogP contribution is 2.23. The van der Waals surface area contributed by atoms with Gasteiger partial charge in [-0.2, -0.15) is 0 Å². The molecule has 0 saturated heterocycles. The van der Waals surface area contributed by atoms with Gasteiger partial charge in [-0.1, -0.05) is 36.9 Å². The summed E-state index contributed by atoms with van der Waals surface area (Å²) in [7, 11) is -3.39. The van der Waals surface area contributed by atoms with E-state index in [0.29, 0.717) is 22.6 Å². The van der Waals surface area contributed by atoms with E-state index in [2.05, 4.69) is 11.9 Å². The number of carbonyl (C=O) groups excluding carboxylic acids is 2. The van der Waals surface area contributed by atoms with Crippen molar-refractivity contribution < 1.29 is 18.0 Å². The first-order valence-electron chi connectivity index (χ1n) is 8.50. The second-order valence-electron chi connectivity index (χ2n) is 6.27. The highest BCUT2D eigenvalue weighted by molar-refractivity contribution is 7.91. The van der Waals surface area contributed by atoms with Crippen LogP contribution in [0.5, 0.6) is 0 Å². The van der Waals surface area contributed by atoms with Crippen LogP contribution in [0.1, 0.15) is 21.5 Å². The minimum absolute atomic E-state index is 0.0958. The third-order valence-electron chi connectivity index (χ3n) is 4.44. The van der Waals surface area contributed by atoms with Crippen LogP contribution in [-0.4, -0.2) is 37.4 Å². The average Bonchev–Trinajstić information content (AvgIpc) is 2.82. The van der Waals surface area contributed by atoms with Crippen molar-refractivity contribution in [1.29, 1.82) is 0 Å². The summed E-state index contributed by atoms with van der Waals surface area (Å²) < 4.78 is 24.8. The lowest BCUT2D eigenvalue weighted by Crippen LogP contribution is -2.32. The zero-order valence-corrected chi connectivity index (χ0v) is 15.5. The molecule has 1 aliphatic rings. The molecule has 0 aliphatic carbocycles. The SMILES string of the molecule is C=CC(=O)NCc1ccc(C(=O)N2CCS(=O)(=O)c3ccccc3C2)cc1. The van der Waals surface area contributed by atoms with E-state index in [0.717, 1.165) is 5.56 Å². The Morgan fingerprint density at radius 3 is 2.52 bits per heavy atom. The van der Waals surface area contributed by atoms with Crippen molar-refractivity contribution in [2.24, 2.45) is 0 Å². The van der Waals surface area contributed by atoms with E-state index in [4.69, 9.17) is 0 Å². The summed E-state index contributed by atoms with van der Waals surface area (Å²) in [5, 5.41) is 2.67. The van der Waals surface area contributed by atoms with Gasteiger partial charge in [0.25, 0.3) is 5.91 Å². The van der Waals surface area contributed by atoms with Crippen molar-refractivity contribution in [2.75, 3.05) is 12.3 Å². The number of amides is 2. The Balaban J connectivity index is 1.76. The van der Waals surface area contributed by atoms with Gasteiger partial charge in [0, 0.05) is 25.2 Å². The third kappa shape index (κ3) is 4.25. The molecule has 2 aromatic carbocycles. The van der Waals surface area contributed by atoms with E-state index < -0.39 is 9.84 Å². The summed E-state index contributed by atoms with van der Waals surface area (Å²) >= 11 is 0. The molecule has 3 rings (SSSR count). The van der Waals surface area contributed by atoms with Gasteiger partial charge in [-0.15, -0.1) is 0 Å². The number of hydrogen-bond donors (Lipinski definition) is 1. The molecule has 0 saturated carbocycles. The number of nitrogens with one attached hydrogen (secondary N) is 1. The molecule has 7 heteroatoms. The fourth-order valence-electron chi connectivity index (χ4n) is 2.95. The van der Waals surface area contributed by atoms with Gasteiger partial charge in [0.15, 0.2) is 9.84 Å². The van der Waals surface area contributed by atoms with Crippen molar-refractivity contribution in [3.05, 3.63) is 77.9 Å². The normalized spacial score (nSPS) is 15.3. The lowest BCUT2D eigenvalue weighted by Gasteiger charge is -2.20. The molecular formula is C20H20N2O4S. The van der Waals surface area contributed by atoms with Crippen molar-refractivity contribution >= 4 is 21.7 Å². The van der Waals surface area contributed by atoms with Gasteiger partial charge < -0.3 is 10.2 Å². The molecule has 2 aromatic rings. The lowest BCUT2D eigenvalue weighted by atomic mass is 10.1. The highest BCUT2D eigenvalue weighted by atomic mass is 32.2.